The lowest BCUT2D eigenvalue weighted by atomic mass is 10.1. The van der Waals surface area contributed by atoms with Crippen LogP contribution in [-0.2, 0) is 6.42 Å². The van der Waals surface area contributed by atoms with Gasteiger partial charge in [-0.2, -0.15) is 0 Å². The maximum atomic E-state index is 9.90. The number of phenolic OH excluding ortho intramolecular Hbond substituents is 1. The van der Waals surface area contributed by atoms with E-state index < -0.39 is 0 Å². The molecule has 0 fully saturated rings. The molecule has 0 spiro atoms. The predicted molar refractivity (Wildman–Crippen MR) is 73.8 cm³/mol. The fraction of sp³-hybridized carbons (Fsp3) is 0.400. The molecule has 0 aliphatic carbocycles. The Balaban J connectivity index is 2.36. The predicted octanol–water partition coefficient (Wildman–Crippen LogP) is 3.74. The van der Waals surface area contributed by atoms with Crippen LogP contribution in [0.4, 0.5) is 0 Å². The number of aromatic nitrogens is 2. The molecule has 2 N–H and O–H groups in total. The fourth-order valence-electron chi connectivity index (χ4n) is 2.05. The van der Waals surface area contributed by atoms with Gasteiger partial charge in [-0.1, -0.05) is 25.0 Å². The van der Waals surface area contributed by atoms with Crippen LogP contribution in [0.1, 0.15) is 36.7 Å². The van der Waals surface area contributed by atoms with Crippen molar-refractivity contribution >= 4 is 0 Å². The Hall–Kier alpha value is -1.77. The monoisotopic (exact) mass is 244 g/mol. The number of hydrogen-bond donors (Lipinski definition) is 2. The molecule has 1 aromatic carbocycles. The molecule has 18 heavy (non-hydrogen) atoms. The van der Waals surface area contributed by atoms with Crippen LogP contribution in [0.25, 0.3) is 11.4 Å². The third kappa shape index (κ3) is 2.55. The highest BCUT2D eigenvalue weighted by molar-refractivity contribution is 5.65. The van der Waals surface area contributed by atoms with Gasteiger partial charge in [0.25, 0.3) is 0 Å². The van der Waals surface area contributed by atoms with Crippen LogP contribution in [0.3, 0.4) is 0 Å². The molecule has 3 heteroatoms. The average molecular weight is 244 g/mol. The molecule has 0 aliphatic heterocycles. The molecule has 1 aromatic heterocycles. The molecule has 0 aliphatic rings. The van der Waals surface area contributed by atoms with Crippen LogP contribution < -0.4 is 0 Å². The molecule has 2 aromatic rings. The van der Waals surface area contributed by atoms with Gasteiger partial charge < -0.3 is 10.1 Å². The first-order chi connectivity index (χ1) is 8.61. The molecule has 0 atom stereocenters. The molecule has 3 nitrogen and oxygen atoms in total. The molecule has 0 radical (unpaired) electrons. The maximum absolute atomic E-state index is 9.90. The van der Waals surface area contributed by atoms with Crippen molar-refractivity contribution in [2.45, 2.75) is 40.0 Å². The summed E-state index contributed by atoms with van der Waals surface area (Å²) >= 11 is 0. The Morgan fingerprint density at radius 1 is 1.28 bits per heavy atom. The highest BCUT2D eigenvalue weighted by atomic mass is 16.3. The van der Waals surface area contributed by atoms with Gasteiger partial charge in [0.05, 0.1) is 11.3 Å². The van der Waals surface area contributed by atoms with Gasteiger partial charge in [-0.15, -0.1) is 0 Å². The van der Waals surface area contributed by atoms with Crippen LogP contribution >= 0.6 is 0 Å². The number of nitrogens with zero attached hydrogens (tertiary/aromatic N) is 1. The van der Waals surface area contributed by atoms with E-state index in [-0.39, 0.29) is 5.75 Å². The molecule has 2 rings (SSSR count). The van der Waals surface area contributed by atoms with E-state index in [1.807, 2.05) is 26.0 Å². The second kappa shape index (κ2) is 5.25. The van der Waals surface area contributed by atoms with Crippen molar-refractivity contribution in [3.05, 3.63) is 35.2 Å². The number of rotatable bonds is 4. The summed E-state index contributed by atoms with van der Waals surface area (Å²) in [6, 6.07) is 5.57. The van der Waals surface area contributed by atoms with E-state index in [4.69, 9.17) is 0 Å². The standard InChI is InChI=1S/C15H20N2O/c1-4-5-6-13-11(3)16-15(17-13)12-9-10(2)7-8-14(12)18/h7-9,18H,4-6H2,1-3H3,(H,16,17). The summed E-state index contributed by atoms with van der Waals surface area (Å²) in [5.41, 5.74) is 4.10. The first-order valence-electron chi connectivity index (χ1n) is 6.47. The number of unbranched alkanes of at least 4 members (excludes halogenated alkanes) is 1. The molecule has 0 amide bonds. The maximum Gasteiger partial charge on any atom is 0.141 e. The lowest BCUT2D eigenvalue weighted by Crippen LogP contribution is -1.88. The first-order valence-corrected chi connectivity index (χ1v) is 6.47. The number of phenols is 1. The number of hydrogen-bond acceptors (Lipinski definition) is 2. The van der Waals surface area contributed by atoms with E-state index >= 15 is 0 Å². The number of imidazole rings is 1. The SMILES string of the molecule is CCCCc1nc(-c2cc(C)ccc2O)[nH]c1C. The minimum absolute atomic E-state index is 0.274. The second-order valence-electron chi connectivity index (χ2n) is 4.78. The first kappa shape index (κ1) is 12.7. The topological polar surface area (TPSA) is 48.9 Å². The van der Waals surface area contributed by atoms with Crippen LogP contribution in [0, 0.1) is 13.8 Å². The quantitative estimate of drug-likeness (QED) is 0.860. The van der Waals surface area contributed by atoms with E-state index in [0.717, 1.165) is 47.6 Å². The van der Waals surface area contributed by atoms with E-state index in [2.05, 4.69) is 16.9 Å². The van der Waals surface area contributed by atoms with Crippen molar-refractivity contribution in [3.63, 3.8) is 0 Å². The van der Waals surface area contributed by atoms with Crippen LogP contribution in [0.15, 0.2) is 18.2 Å². The molecule has 1 heterocycles. The smallest absolute Gasteiger partial charge is 0.141 e. The number of aryl methyl sites for hydroxylation is 3. The largest absolute Gasteiger partial charge is 0.507 e. The van der Waals surface area contributed by atoms with Crippen LogP contribution in [0.5, 0.6) is 5.75 Å². The second-order valence-corrected chi connectivity index (χ2v) is 4.78. The van der Waals surface area contributed by atoms with Crippen molar-refractivity contribution in [2.75, 3.05) is 0 Å². The van der Waals surface area contributed by atoms with Gasteiger partial charge in [0, 0.05) is 5.69 Å². The highest BCUT2D eigenvalue weighted by Crippen LogP contribution is 2.28. The Bertz CT molecular complexity index is 543. The number of nitrogens with one attached hydrogen (secondary N) is 1. The minimum atomic E-state index is 0.274. The van der Waals surface area contributed by atoms with Crippen LogP contribution in [0.2, 0.25) is 0 Å². The summed E-state index contributed by atoms with van der Waals surface area (Å²) in [6.45, 7) is 6.22. The molecule has 0 unspecified atom stereocenters. The van der Waals surface area contributed by atoms with Crippen molar-refractivity contribution in [1.29, 1.82) is 0 Å². The third-order valence-electron chi connectivity index (χ3n) is 3.16. The zero-order valence-electron chi connectivity index (χ0n) is 11.2. The Morgan fingerprint density at radius 2 is 2.06 bits per heavy atom. The molecule has 0 saturated carbocycles. The molecule has 0 bridgehead atoms. The van der Waals surface area contributed by atoms with Gasteiger partial charge in [-0.25, -0.2) is 4.98 Å². The van der Waals surface area contributed by atoms with Gasteiger partial charge in [0.2, 0.25) is 0 Å². The highest BCUT2D eigenvalue weighted by Gasteiger charge is 2.11. The Kier molecular flexibility index (Phi) is 3.70. The van der Waals surface area contributed by atoms with Crippen molar-refractivity contribution in [3.8, 4) is 17.1 Å². The zero-order chi connectivity index (χ0) is 13.1. The number of benzene rings is 1. The van der Waals surface area contributed by atoms with E-state index in [1.165, 1.54) is 0 Å². The van der Waals surface area contributed by atoms with E-state index in [1.54, 1.807) is 6.07 Å². The molecular weight excluding hydrogens is 224 g/mol. The van der Waals surface area contributed by atoms with Gasteiger partial charge in [-0.05, 0) is 38.8 Å². The van der Waals surface area contributed by atoms with E-state index in [9.17, 15) is 5.11 Å². The summed E-state index contributed by atoms with van der Waals surface area (Å²) in [7, 11) is 0. The molecular formula is C15H20N2O. The van der Waals surface area contributed by atoms with Gasteiger partial charge >= 0.3 is 0 Å². The summed E-state index contributed by atoms with van der Waals surface area (Å²) < 4.78 is 0. The van der Waals surface area contributed by atoms with Crippen molar-refractivity contribution in [1.82, 2.24) is 9.97 Å². The lowest BCUT2D eigenvalue weighted by Gasteiger charge is -2.02. The normalized spacial score (nSPS) is 10.8. The molecule has 96 valence electrons. The van der Waals surface area contributed by atoms with Gasteiger partial charge in [0.15, 0.2) is 0 Å². The zero-order valence-corrected chi connectivity index (χ0v) is 11.2. The summed E-state index contributed by atoms with van der Waals surface area (Å²) in [5.74, 6) is 1.04. The average Bonchev–Trinajstić information content (AvgIpc) is 2.71. The Morgan fingerprint density at radius 3 is 2.78 bits per heavy atom. The molecule has 0 saturated heterocycles. The van der Waals surface area contributed by atoms with Gasteiger partial charge in [-0.3, -0.25) is 0 Å². The van der Waals surface area contributed by atoms with Crippen LogP contribution in [-0.4, -0.2) is 15.1 Å². The Labute approximate surface area is 108 Å². The van der Waals surface area contributed by atoms with Crippen molar-refractivity contribution in [2.24, 2.45) is 0 Å². The summed E-state index contributed by atoms with van der Waals surface area (Å²) in [5, 5.41) is 9.90. The lowest BCUT2D eigenvalue weighted by molar-refractivity contribution is 0.477. The minimum Gasteiger partial charge on any atom is -0.507 e. The van der Waals surface area contributed by atoms with Crippen molar-refractivity contribution < 1.29 is 5.11 Å². The van der Waals surface area contributed by atoms with Gasteiger partial charge in [0.1, 0.15) is 11.6 Å². The number of H-pyrrole nitrogens is 1. The summed E-state index contributed by atoms with van der Waals surface area (Å²) in [6.07, 6.45) is 3.30. The third-order valence-corrected chi connectivity index (χ3v) is 3.16. The number of aromatic amines is 1. The van der Waals surface area contributed by atoms with E-state index in [0.29, 0.717) is 0 Å². The fourth-order valence-corrected chi connectivity index (χ4v) is 2.05. The number of aromatic hydroxyl groups is 1. The summed E-state index contributed by atoms with van der Waals surface area (Å²) in [4.78, 5) is 7.87.